The van der Waals surface area contributed by atoms with Crippen molar-refractivity contribution < 1.29 is 4.79 Å². The van der Waals surface area contributed by atoms with Crippen molar-refractivity contribution in [1.29, 1.82) is 0 Å². The lowest BCUT2D eigenvalue weighted by molar-refractivity contribution is 0.355. The fourth-order valence-corrected chi connectivity index (χ4v) is 2.97. The number of hydrogen-bond acceptors (Lipinski definition) is 1. The van der Waals surface area contributed by atoms with Crippen LogP contribution in [0.15, 0.2) is 0 Å². The lowest BCUT2D eigenvalue weighted by Gasteiger charge is -2.16. The molecular weight excluding hydrogens is 282 g/mol. The second-order valence-electron chi connectivity index (χ2n) is 7.98. The minimum atomic E-state index is 0.834. The number of amides is 1. The Morgan fingerprint density at radius 3 is 1.30 bits per heavy atom. The Hall–Kier alpha value is -0.530. The van der Waals surface area contributed by atoms with Gasteiger partial charge in [0, 0.05) is 13.1 Å². The van der Waals surface area contributed by atoms with Crippen LogP contribution in [0.5, 0.6) is 0 Å². The summed E-state index contributed by atoms with van der Waals surface area (Å²) in [4.78, 5) is 12.9. The number of unbranched alkanes of at least 4 members (excludes halogenated alkanes) is 8. The lowest BCUT2D eigenvalue weighted by Crippen LogP contribution is -2.24. The zero-order valence-electron chi connectivity index (χ0n) is 16.4. The van der Waals surface area contributed by atoms with Crippen LogP contribution >= 0.6 is 0 Å². The predicted octanol–water partition coefficient (Wildman–Crippen LogP) is 6.35. The number of nitrogens with zero attached hydrogens (tertiary/aromatic N) is 1. The summed E-state index contributed by atoms with van der Waals surface area (Å²) in [6.45, 7) is 11.0. The van der Waals surface area contributed by atoms with Gasteiger partial charge >= 0.3 is 6.41 Å². The van der Waals surface area contributed by atoms with E-state index in [1.54, 1.807) is 0 Å². The van der Waals surface area contributed by atoms with Crippen molar-refractivity contribution in [3.8, 4) is 0 Å². The largest absolute Gasteiger partial charge is 0.334 e. The summed E-state index contributed by atoms with van der Waals surface area (Å²) >= 11 is 0. The molecule has 0 spiro atoms. The molecule has 2 nitrogen and oxygen atoms in total. The first-order valence-electron chi connectivity index (χ1n) is 10.2. The molecule has 1 radical (unpaired) electrons. The maximum absolute atomic E-state index is 11.0. The Balaban J connectivity index is 3.37. The van der Waals surface area contributed by atoms with Crippen LogP contribution in [0.1, 0.15) is 105 Å². The van der Waals surface area contributed by atoms with Crippen LogP contribution in [0.4, 0.5) is 0 Å². The molecular formula is C21H42NO. The first kappa shape index (κ1) is 22.5. The Morgan fingerprint density at radius 2 is 0.957 bits per heavy atom. The van der Waals surface area contributed by atoms with E-state index in [-0.39, 0.29) is 0 Å². The summed E-state index contributed by atoms with van der Waals surface area (Å²) in [5.41, 5.74) is 0. The zero-order valence-corrected chi connectivity index (χ0v) is 16.4. The van der Waals surface area contributed by atoms with Crippen molar-refractivity contribution in [3.63, 3.8) is 0 Å². The SMILES string of the molecule is CC(C)CCCCCCCN([C]=O)CCCCCCCC(C)C. The van der Waals surface area contributed by atoms with Gasteiger partial charge in [-0.2, -0.15) is 0 Å². The van der Waals surface area contributed by atoms with Crippen LogP contribution in [0, 0.1) is 11.8 Å². The Bertz CT molecular complexity index is 228. The van der Waals surface area contributed by atoms with Crippen molar-refractivity contribution in [2.24, 2.45) is 11.8 Å². The summed E-state index contributed by atoms with van der Waals surface area (Å²) in [6, 6.07) is 0. The minimum Gasteiger partial charge on any atom is -0.334 e. The van der Waals surface area contributed by atoms with Crippen LogP contribution in [0.25, 0.3) is 0 Å². The van der Waals surface area contributed by atoms with E-state index in [9.17, 15) is 4.79 Å². The first-order chi connectivity index (χ1) is 11.1. The third kappa shape index (κ3) is 17.7. The fourth-order valence-electron chi connectivity index (χ4n) is 2.97. The van der Waals surface area contributed by atoms with Gasteiger partial charge in [0.05, 0.1) is 0 Å². The number of hydrogen-bond donors (Lipinski definition) is 0. The Morgan fingerprint density at radius 1 is 0.609 bits per heavy atom. The van der Waals surface area contributed by atoms with Gasteiger partial charge in [0.2, 0.25) is 0 Å². The summed E-state index contributed by atoms with van der Waals surface area (Å²) in [7, 11) is 0. The molecule has 0 atom stereocenters. The van der Waals surface area contributed by atoms with Gasteiger partial charge in [0.25, 0.3) is 0 Å². The fraction of sp³-hybridized carbons (Fsp3) is 0.952. The molecule has 2 heteroatoms. The molecule has 0 aliphatic carbocycles. The van der Waals surface area contributed by atoms with E-state index in [1.807, 2.05) is 4.90 Å². The molecule has 0 aromatic carbocycles. The van der Waals surface area contributed by atoms with Crippen molar-refractivity contribution in [2.75, 3.05) is 13.1 Å². The Labute approximate surface area is 146 Å². The molecule has 0 aliphatic heterocycles. The van der Waals surface area contributed by atoms with Gasteiger partial charge in [0.1, 0.15) is 0 Å². The molecule has 0 fully saturated rings. The van der Waals surface area contributed by atoms with Crippen molar-refractivity contribution in [2.45, 2.75) is 105 Å². The smallest absolute Gasteiger partial charge is 0.312 e. The van der Waals surface area contributed by atoms with E-state index >= 15 is 0 Å². The molecule has 0 heterocycles. The van der Waals surface area contributed by atoms with E-state index in [4.69, 9.17) is 0 Å². The highest BCUT2D eigenvalue weighted by Gasteiger charge is 2.03. The monoisotopic (exact) mass is 324 g/mol. The topological polar surface area (TPSA) is 20.3 Å². The molecule has 23 heavy (non-hydrogen) atoms. The van der Waals surface area contributed by atoms with Gasteiger partial charge in [0.15, 0.2) is 0 Å². The van der Waals surface area contributed by atoms with Crippen LogP contribution in [0.3, 0.4) is 0 Å². The van der Waals surface area contributed by atoms with Gasteiger partial charge in [-0.3, -0.25) is 4.79 Å². The van der Waals surface area contributed by atoms with E-state index in [2.05, 4.69) is 34.1 Å². The van der Waals surface area contributed by atoms with E-state index < -0.39 is 0 Å². The molecule has 0 aromatic rings. The third-order valence-corrected chi connectivity index (χ3v) is 4.55. The van der Waals surface area contributed by atoms with E-state index in [1.165, 1.54) is 64.2 Å². The molecule has 0 rings (SSSR count). The quantitative estimate of drug-likeness (QED) is 0.225. The van der Waals surface area contributed by atoms with Crippen molar-refractivity contribution in [3.05, 3.63) is 0 Å². The normalized spacial score (nSPS) is 11.4. The summed E-state index contributed by atoms with van der Waals surface area (Å²) in [6.07, 6.45) is 17.7. The molecule has 0 saturated carbocycles. The van der Waals surface area contributed by atoms with Crippen molar-refractivity contribution >= 4 is 6.41 Å². The molecule has 137 valence electrons. The second kappa shape index (κ2) is 16.3. The first-order valence-corrected chi connectivity index (χ1v) is 10.2. The predicted molar refractivity (Wildman–Crippen MR) is 102 cm³/mol. The third-order valence-electron chi connectivity index (χ3n) is 4.55. The highest BCUT2D eigenvalue weighted by atomic mass is 16.1. The molecule has 1 amide bonds. The Kier molecular flexibility index (Phi) is 16.0. The second-order valence-corrected chi connectivity index (χ2v) is 7.98. The van der Waals surface area contributed by atoms with Crippen LogP contribution < -0.4 is 0 Å². The molecule has 0 aromatic heterocycles. The van der Waals surface area contributed by atoms with E-state index in [0.29, 0.717) is 0 Å². The maximum Gasteiger partial charge on any atom is 0.312 e. The van der Waals surface area contributed by atoms with Gasteiger partial charge in [-0.1, -0.05) is 91.9 Å². The summed E-state index contributed by atoms with van der Waals surface area (Å²) < 4.78 is 0. The van der Waals surface area contributed by atoms with Crippen molar-refractivity contribution in [1.82, 2.24) is 4.90 Å². The zero-order chi connectivity index (χ0) is 17.3. The lowest BCUT2D eigenvalue weighted by atomic mass is 10.0. The highest BCUT2D eigenvalue weighted by Crippen LogP contribution is 2.12. The van der Waals surface area contributed by atoms with Gasteiger partial charge in [-0.05, 0) is 24.7 Å². The molecule has 0 bridgehead atoms. The highest BCUT2D eigenvalue weighted by molar-refractivity contribution is 5.47. The van der Waals surface area contributed by atoms with E-state index in [0.717, 1.165) is 37.8 Å². The number of carbonyl (C=O) groups excluding carboxylic acids is 1. The van der Waals surface area contributed by atoms with Crippen LogP contribution in [-0.4, -0.2) is 24.4 Å². The van der Waals surface area contributed by atoms with Crippen LogP contribution in [-0.2, 0) is 4.79 Å². The minimum absolute atomic E-state index is 0.834. The molecule has 0 N–H and O–H groups in total. The number of rotatable bonds is 17. The average molecular weight is 325 g/mol. The van der Waals surface area contributed by atoms with Gasteiger partial charge in [-0.15, -0.1) is 0 Å². The van der Waals surface area contributed by atoms with Gasteiger partial charge in [-0.25, -0.2) is 0 Å². The molecule has 0 unspecified atom stereocenters. The summed E-state index contributed by atoms with van der Waals surface area (Å²) in [5, 5.41) is 0. The average Bonchev–Trinajstić information content (AvgIpc) is 2.50. The molecule has 0 saturated heterocycles. The molecule has 0 aliphatic rings. The van der Waals surface area contributed by atoms with Crippen LogP contribution in [0.2, 0.25) is 0 Å². The standard InChI is InChI=1S/C21H42NO/c1-20(2)15-11-7-5-9-13-17-22(19-23)18-14-10-6-8-12-16-21(3)4/h20-21H,5-18H2,1-4H3. The summed E-state index contributed by atoms with van der Waals surface area (Å²) in [5.74, 6) is 1.67. The van der Waals surface area contributed by atoms with Gasteiger partial charge < -0.3 is 4.90 Å². The maximum atomic E-state index is 11.0.